The smallest absolute Gasteiger partial charge is 0.137 e. The minimum atomic E-state index is -0.276. The molecular weight excluding hydrogens is 456 g/mol. The Morgan fingerprint density at radius 2 is 1.03 bits per heavy atom. The van der Waals surface area contributed by atoms with E-state index in [1.54, 1.807) is 24.3 Å². The largest absolute Gasteiger partial charge is 0.302 e. The number of aromatic nitrogens is 4. The molecule has 0 amide bonds. The summed E-state index contributed by atoms with van der Waals surface area (Å²) in [5, 5.41) is 0. The summed E-state index contributed by atoms with van der Waals surface area (Å²) in [7, 11) is 2.05. The Labute approximate surface area is 206 Å². The first-order chi connectivity index (χ1) is 17.6. The Balaban J connectivity index is 1.39. The zero-order valence-corrected chi connectivity index (χ0v) is 19.6. The standard InChI is InChI=1S/C29H23F2N5/c1-34(18-24-28(20-8-12-22(30)13-9-20)32-26-6-2-4-16-35(24)26)19-25-29(21-10-14-23(31)15-11-21)33-27-7-3-5-17-36(25)27/h2-17H,18-19H2,1H3. The number of pyridine rings is 2. The zero-order valence-electron chi connectivity index (χ0n) is 19.6. The third-order valence-corrected chi connectivity index (χ3v) is 6.33. The molecule has 0 aliphatic rings. The molecule has 6 rings (SSSR count). The second-order valence-electron chi connectivity index (χ2n) is 8.86. The van der Waals surface area contributed by atoms with E-state index in [1.165, 1.54) is 24.3 Å². The molecule has 6 aromatic rings. The number of hydrogen-bond acceptors (Lipinski definition) is 3. The highest BCUT2D eigenvalue weighted by atomic mass is 19.1. The summed E-state index contributed by atoms with van der Waals surface area (Å²) < 4.78 is 31.3. The molecule has 178 valence electrons. The number of fused-ring (bicyclic) bond motifs is 2. The summed E-state index contributed by atoms with van der Waals surface area (Å²) in [6.07, 6.45) is 3.99. The van der Waals surface area contributed by atoms with Crippen molar-refractivity contribution in [2.45, 2.75) is 13.1 Å². The van der Waals surface area contributed by atoms with Gasteiger partial charge in [-0.25, -0.2) is 18.7 Å². The topological polar surface area (TPSA) is 37.8 Å². The molecule has 2 aromatic carbocycles. The fourth-order valence-corrected chi connectivity index (χ4v) is 4.64. The van der Waals surface area contributed by atoms with Crippen molar-refractivity contribution in [2.24, 2.45) is 0 Å². The Morgan fingerprint density at radius 3 is 1.44 bits per heavy atom. The summed E-state index contributed by atoms with van der Waals surface area (Å²) in [5.74, 6) is -0.552. The summed E-state index contributed by atoms with van der Waals surface area (Å²) in [6.45, 7) is 1.20. The Morgan fingerprint density at radius 1 is 0.611 bits per heavy atom. The summed E-state index contributed by atoms with van der Waals surface area (Å²) in [4.78, 5) is 11.9. The van der Waals surface area contributed by atoms with Crippen LogP contribution in [0.2, 0.25) is 0 Å². The Bertz CT molecular complexity index is 1540. The molecule has 0 unspecified atom stereocenters. The number of nitrogens with zero attached hydrogens (tertiary/aromatic N) is 5. The molecule has 36 heavy (non-hydrogen) atoms. The number of imidazole rings is 2. The molecule has 0 N–H and O–H groups in total. The van der Waals surface area contributed by atoms with Crippen LogP contribution in [-0.4, -0.2) is 30.7 Å². The van der Waals surface area contributed by atoms with Gasteiger partial charge >= 0.3 is 0 Å². The van der Waals surface area contributed by atoms with Crippen LogP contribution in [0.15, 0.2) is 97.3 Å². The van der Waals surface area contributed by atoms with Crippen molar-refractivity contribution in [3.8, 4) is 22.5 Å². The first-order valence-electron chi connectivity index (χ1n) is 11.7. The normalized spacial score (nSPS) is 11.7. The van der Waals surface area contributed by atoms with Crippen molar-refractivity contribution in [1.82, 2.24) is 23.7 Å². The van der Waals surface area contributed by atoms with E-state index in [1.807, 2.05) is 55.8 Å². The average Bonchev–Trinajstić information content (AvgIpc) is 3.44. The third kappa shape index (κ3) is 4.03. The Hall–Kier alpha value is -4.36. The van der Waals surface area contributed by atoms with Crippen LogP contribution in [0.1, 0.15) is 11.4 Å². The van der Waals surface area contributed by atoms with Gasteiger partial charge in [0.2, 0.25) is 0 Å². The summed E-state index contributed by atoms with van der Waals surface area (Å²) in [5.41, 5.74) is 7.07. The monoisotopic (exact) mass is 479 g/mol. The second kappa shape index (κ2) is 9.02. The molecule has 4 aromatic heterocycles. The molecule has 0 saturated heterocycles. The predicted octanol–water partition coefficient (Wildman–Crippen LogP) is 6.23. The van der Waals surface area contributed by atoms with Crippen LogP contribution in [-0.2, 0) is 13.1 Å². The first kappa shape index (κ1) is 22.1. The fraction of sp³-hybridized carbons (Fsp3) is 0.103. The molecule has 4 heterocycles. The molecule has 0 bridgehead atoms. The highest BCUT2D eigenvalue weighted by Gasteiger charge is 2.19. The molecule has 0 atom stereocenters. The van der Waals surface area contributed by atoms with Crippen LogP contribution in [0, 0.1) is 11.6 Å². The maximum Gasteiger partial charge on any atom is 0.137 e. The van der Waals surface area contributed by atoms with Crippen LogP contribution < -0.4 is 0 Å². The lowest BCUT2D eigenvalue weighted by Crippen LogP contribution is -2.20. The lowest BCUT2D eigenvalue weighted by Gasteiger charge is -2.18. The minimum absolute atomic E-state index is 0.276. The Kier molecular flexibility index (Phi) is 5.54. The van der Waals surface area contributed by atoms with Crippen LogP contribution in [0.5, 0.6) is 0 Å². The molecule has 0 aliphatic heterocycles. The van der Waals surface area contributed by atoms with Gasteiger partial charge in [0, 0.05) is 36.6 Å². The van der Waals surface area contributed by atoms with E-state index in [-0.39, 0.29) is 11.6 Å². The van der Waals surface area contributed by atoms with Crippen molar-refractivity contribution in [3.63, 3.8) is 0 Å². The maximum absolute atomic E-state index is 13.6. The van der Waals surface area contributed by atoms with Gasteiger partial charge in [-0.3, -0.25) is 4.90 Å². The van der Waals surface area contributed by atoms with Gasteiger partial charge in [0.15, 0.2) is 0 Å². The van der Waals surface area contributed by atoms with Crippen molar-refractivity contribution in [1.29, 1.82) is 0 Å². The number of benzene rings is 2. The number of hydrogen-bond donors (Lipinski definition) is 0. The minimum Gasteiger partial charge on any atom is -0.302 e. The highest BCUT2D eigenvalue weighted by Crippen LogP contribution is 2.29. The molecule has 0 spiro atoms. The lowest BCUT2D eigenvalue weighted by atomic mass is 10.1. The van der Waals surface area contributed by atoms with E-state index in [4.69, 9.17) is 9.97 Å². The van der Waals surface area contributed by atoms with Crippen LogP contribution in [0.25, 0.3) is 33.8 Å². The van der Waals surface area contributed by atoms with E-state index in [0.29, 0.717) is 13.1 Å². The molecule has 0 saturated carbocycles. The van der Waals surface area contributed by atoms with Crippen LogP contribution >= 0.6 is 0 Å². The second-order valence-corrected chi connectivity index (χ2v) is 8.86. The van der Waals surface area contributed by atoms with Gasteiger partial charge in [0.05, 0.1) is 22.8 Å². The van der Waals surface area contributed by atoms with Gasteiger partial charge in [-0.05, 0) is 79.8 Å². The van der Waals surface area contributed by atoms with Gasteiger partial charge in [-0.1, -0.05) is 12.1 Å². The summed E-state index contributed by atoms with van der Waals surface area (Å²) >= 11 is 0. The molecule has 7 heteroatoms. The van der Waals surface area contributed by atoms with E-state index in [2.05, 4.69) is 13.7 Å². The number of rotatable bonds is 6. The molecule has 0 radical (unpaired) electrons. The lowest BCUT2D eigenvalue weighted by molar-refractivity contribution is 0.310. The predicted molar refractivity (Wildman–Crippen MR) is 136 cm³/mol. The maximum atomic E-state index is 13.6. The molecule has 0 aliphatic carbocycles. The third-order valence-electron chi connectivity index (χ3n) is 6.33. The van der Waals surface area contributed by atoms with Gasteiger partial charge in [-0.2, -0.15) is 0 Å². The molecule has 5 nitrogen and oxygen atoms in total. The van der Waals surface area contributed by atoms with Gasteiger partial charge in [0.1, 0.15) is 22.9 Å². The van der Waals surface area contributed by atoms with E-state index in [9.17, 15) is 8.78 Å². The molecular formula is C29H23F2N5. The molecule has 0 fully saturated rings. The van der Waals surface area contributed by atoms with Crippen molar-refractivity contribution < 1.29 is 8.78 Å². The van der Waals surface area contributed by atoms with E-state index >= 15 is 0 Å². The average molecular weight is 480 g/mol. The van der Waals surface area contributed by atoms with Crippen molar-refractivity contribution >= 4 is 11.3 Å². The van der Waals surface area contributed by atoms with Crippen molar-refractivity contribution in [2.75, 3.05) is 7.05 Å². The van der Waals surface area contributed by atoms with E-state index in [0.717, 1.165) is 45.2 Å². The quantitative estimate of drug-likeness (QED) is 0.284. The summed E-state index contributed by atoms with van der Waals surface area (Å²) in [6, 6.07) is 24.7. The van der Waals surface area contributed by atoms with Crippen LogP contribution in [0.3, 0.4) is 0 Å². The van der Waals surface area contributed by atoms with Gasteiger partial charge < -0.3 is 8.80 Å². The van der Waals surface area contributed by atoms with Crippen LogP contribution in [0.4, 0.5) is 8.78 Å². The zero-order chi connectivity index (χ0) is 24.6. The van der Waals surface area contributed by atoms with Gasteiger partial charge in [-0.15, -0.1) is 0 Å². The highest BCUT2D eigenvalue weighted by molar-refractivity contribution is 5.68. The number of halogens is 2. The van der Waals surface area contributed by atoms with E-state index < -0.39 is 0 Å². The fourth-order valence-electron chi connectivity index (χ4n) is 4.64. The van der Waals surface area contributed by atoms with Crippen molar-refractivity contribution in [3.05, 3.63) is 120 Å². The SMILES string of the molecule is CN(Cc1c(-c2ccc(F)cc2)nc2ccccn12)Cc1c(-c2ccc(F)cc2)nc2ccccn12. The first-order valence-corrected chi connectivity index (χ1v) is 11.7. The van der Waals surface area contributed by atoms with Gasteiger partial charge in [0.25, 0.3) is 0 Å².